The molecule has 0 radical (unpaired) electrons. The molecule has 1 aliphatic carbocycles. The Labute approximate surface area is 120 Å². The van der Waals surface area contributed by atoms with Gasteiger partial charge in [-0.25, -0.2) is 0 Å². The van der Waals surface area contributed by atoms with Gasteiger partial charge in [-0.3, -0.25) is 0 Å². The molecule has 2 aliphatic heterocycles. The summed E-state index contributed by atoms with van der Waals surface area (Å²) in [6, 6.07) is 0. The molecular formula is C12H14Cl2HfO. The van der Waals surface area contributed by atoms with Crippen LogP contribution in [0.1, 0.15) is 12.8 Å². The first-order valence-corrected chi connectivity index (χ1v) is 8.64. The minimum absolute atomic E-state index is 0. The molecule has 16 heavy (non-hydrogen) atoms. The second kappa shape index (κ2) is 5.81. The average molecular weight is 424 g/mol. The van der Waals surface area contributed by atoms with Crippen molar-refractivity contribution < 1.29 is 27.6 Å². The van der Waals surface area contributed by atoms with Crippen LogP contribution in [0.2, 0.25) is 0 Å². The van der Waals surface area contributed by atoms with Crippen molar-refractivity contribution in [3.63, 3.8) is 0 Å². The van der Waals surface area contributed by atoms with Gasteiger partial charge in [0, 0.05) is 0 Å². The molecule has 3 aliphatic rings. The maximum absolute atomic E-state index is 6.07. The van der Waals surface area contributed by atoms with E-state index in [9.17, 15) is 0 Å². The molecule has 2 atom stereocenters. The Morgan fingerprint density at radius 3 is 2.88 bits per heavy atom. The van der Waals surface area contributed by atoms with Crippen LogP contribution in [0.3, 0.4) is 0 Å². The van der Waals surface area contributed by atoms with Crippen molar-refractivity contribution in [3.8, 4) is 0 Å². The van der Waals surface area contributed by atoms with Gasteiger partial charge in [-0.1, -0.05) is 0 Å². The molecule has 0 fully saturated rings. The normalized spacial score (nSPS) is 33.0. The molecule has 2 unspecified atom stereocenters. The van der Waals surface area contributed by atoms with Gasteiger partial charge in [0.2, 0.25) is 0 Å². The van der Waals surface area contributed by atoms with Crippen LogP contribution in [-0.2, 0) is 27.6 Å². The summed E-state index contributed by atoms with van der Waals surface area (Å²) in [4.78, 5) is 0. The molecular weight excluding hydrogens is 410 g/mol. The Morgan fingerprint density at radius 1 is 1.25 bits per heavy atom. The van der Waals surface area contributed by atoms with Crippen molar-refractivity contribution in [3.05, 3.63) is 45.9 Å². The summed E-state index contributed by atoms with van der Waals surface area (Å²) in [5.74, 6) is 0. The van der Waals surface area contributed by atoms with E-state index >= 15 is 0 Å². The Hall–Kier alpha value is 0.370. The van der Waals surface area contributed by atoms with Crippen molar-refractivity contribution in [1.82, 2.24) is 0 Å². The predicted molar refractivity (Wildman–Crippen MR) is 66.8 cm³/mol. The number of hydrogen-bond donors (Lipinski definition) is 0. The first-order valence-electron chi connectivity index (χ1n) is 5.05. The fourth-order valence-corrected chi connectivity index (χ4v) is 7.44. The maximum atomic E-state index is 6.07. The van der Waals surface area contributed by atoms with Gasteiger partial charge in [0.25, 0.3) is 0 Å². The number of fused-ring (bicyclic) bond motifs is 2. The van der Waals surface area contributed by atoms with Crippen LogP contribution < -0.4 is 0 Å². The second-order valence-electron chi connectivity index (χ2n) is 3.90. The molecule has 0 saturated heterocycles. The van der Waals surface area contributed by atoms with Crippen molar-refractivity contribution >= 4 is 24.8 Å². The van der Waals surface area contributed by atoms with Crippen LogP contribution >= 0.6 is 24.8 Å². The third-order valence-electron chi connectivity index (χ3n) is 2.77. The Balaban J connectivity index is 0.000000640. The quantitative estimate of drug-likeness (QED) is 0.489. The summed E-state index contributed by atoms with van der Waals surface area (Å²) < 4.78 is 7.82. The van der Waals surface area contributed by atoms with Gasteiger partial charge in [0.05, 0.1) is 0 Å². The summed E-state index contributed by atoms with van der Waals surface area (Å²) in [7, 11) is 0. The SMILES string of the molecule is C1=CC[C]([Hf][C]23C=CCC(C=C2)O3)=C1.Cl.Cl. The number of rotatable bonds is 2. The molecule has 86 valence electrons. The number of hydrogen-bond acceptors (Lipinski definition) is 1. The van der Waals surface area contributed by atoms with E-state index in [0.29, 0.717) is 6.10 Å². The first kappa shape index (κ1) is 14.4. The van der Waals surface area contributed by atoms with Gasteiger partial charge >= 0.3 is 95.8 Å². The molecule has 0 aromatic heterocycles. The van der Waals surface area contributed by atoms with E-state index in [-0.39, 0.29) is 28.2 Å². The van der Waals surface area contributed by atoms with E-state index in [1.54, 1.807) is 3.33 Å². The molecule has 4 heteroatoms. The van der Waals surface area contributed by atoms with Crippen LogP contribution in [0.25, 0.3) is 0 Å². The Morgan fingerprint density at radius 2 is 2.12 bits per heavy atom. The van der Waals surface area contributed by atoms with E-state index in [2.05, 4.69) is 42.5 Å². The zero-order chi connectivity index (χ0) is 9.43. The zero-order valence-corrected chi connectivity index (χ0v) is 14.0. The molecule has 0 N–H and O–H groups in total. The van der Waals surface area contributed by atoms with Crippen LogP contribution in [0, 0.1) is 0 Å². The van der Waals surface area contributed by atoms with Crippen molar-refractivity contribution in [2.45, 2.75) is 22.3 Å². The standard InChI is InChI=1S/C7H7O.C5H5.2ClH.Hf/c1-2-6-4-5-7(3-1)8-6;1-2-4-5-3-1;;;/h1-2,4-5,7H,3H2;1-3H,4H2;2*1H;. The van der Waals surface area contributed by atoms with E-state index < -0.39 is 22.9 Å². The van der Waals surface area contributed by atoms with E-state index in [4.69, 9.17) is 4.74 Å². The topological polar surface area (TPSA) is 9.23 Å². The van der Waals surface area contributed by atoms with Gasteiger partial charge in [-0.2, -0.15) is 0 Å². The molecule has 0 aromatic rings. The zero-order valence-electron chi connectivity index (χ0n) is 8.76. The van der Waals surface area contributed by atoms with Crippen molar-refractivity contribution in [2.75, 3.05) is 0 Å². The molecule has 0 aromatic carbocycles. The molecule has 1 nitrogen and oxygen atoms in total. The van der Waals surface area contributed by atoms with Gasteiger partial charge in [0.1, 0.15) is 0 Å². The number of ether oxygens (including phenoxy) is 1. The fourth-order valence-electron chi connectivity index (χ4n) is 2.08. The third kappa shape index (κ3) is 2.79. The Kier molecular flexibility index (Phi) is 5.24. The smallest absolute Gasteiger partial charge is 0.147 e. The van der Waals surface area contributed by atoms with E-state index in [0.717, 1.165) is 6.42 Å². The van der Waals surface area contributed by atoms with E-state index in [1.807, 2.05) is 0 Å². The molecule has 0 saturated carbocycles. The van der Waals surface area contributed by atoms with Gasteiger partial charge in [0.15, 0.2) is 0 Å². The number of allylic oxidation sites excluding steroid dienone is 4. The summed E-state index contributed by atoms with van der Waals surface area (Å²) in [6.45, 7) is 0. The van der Waals surface area contributed by atoms with Gasteiger partial charge in [-0.05, 0) is 0 Å². The van der Waals surface area contributed by atoms with Crippen LogP contribution in [0.4, 0.5) is 0 Å². The minimum Gasteiger partial charge on any atom is -0.147 e. The van der Waals surface area contributed by atoms with Crippen LogP contribution in [0.15, 0.2) is 45.9 Å². The van der Waals surface area contributed by atoms with Crippen LogP contribution in [0.5, 0.6) is 0 Å². The summed E-state index contributed by atoms with van der Waals surface area (Å²) in [5.41, 5.74) is 0. The largest absolute Gasteiger partial charge is 0.147 e. The minimum atomic E-state index is -0.856. The Bertz CT molecular complexity index is 369. The third-order valence-corrected chi connectivity index (χ3v) is 8.28. The summed E-state index contributed by atoms with van der Waals surface area (Å²) in [6.07, 6.45) is 18.5. The van der Waals surface area contributed by atoms with E-state index in [1.165, 1.54) is 6.42 Å². The molecule has 0 spiro atoms. The van der Waals surface area contributed by atoms with Crippen molar-refractivity contribution in [1.29, 1.82) is 0 Å². The average Bonchev–Trinajstić information content (AvgIpc) is 2.76. The van der Waals surface area contributed by atoms with Crippen LogP contribution in [-0.4, -0.2) is 9.46 Å². The molecule has 3 rings (SSSR count). The molecule has 2 heterocycles. The monoisotopic (exact) mass is 424 g/mol. The summed E-state index contributed by atoms with van der Waals surface area (Å²) >= 11 is -0.856. The first-order chi connectivity index (χ1) is 6.86. The number of halogens is 2. The fraction of sp³-hybridized carbons (Fsp3) is 0.333. The predicted octanol–water partition coefficient (Wildman–Crippen LogP) is 3.37. The van der Waals surface area contributed by atoms with Gasteiger partial charge in [-0.15, -0.1) is 24.8 Å². The van der Waals surface area contributed by atoms with Gasteiger partial charge < -0.3 is 0 Å². The van der Waals surface area contributed by atoms with Crippen molar-refractivity contribution in [2.24, 2.45) is 0 Å². The second-order valence-corrected chi connectivity index (χ2v) is 9.91. The molecule has 2 bridgehead atoms. The molecule has 0 amide bonds. The summed E-state index contributed by atoms with van der Waals surface area (Å²) in [5, 5.41) is 0. The maximum Gasteiger partial charge on any atom is -0.147 e.